The van der Waals surface area contributed by atoms with E-state index in [1.54, 1.807) is 12.1 Å². The fraction of sp³-hybridized carbons (Fsp3) is 0.235. The van der Waals surface area contributed by atoms with Crippen molar-refractivity contribution in [2.24, 2.45) is 0 Å². The standard InChI is InChI=1S/C34H35FN6O2/c1-23(2)25-11-13-26(14-12-25)33(34(43)36-28-17-19-29(20-18-28)39(3)4)40(21-24-9-15-27(35)16-10-24)32(42)22-41-31-8-6-5-7-30(31)37-38-41/h5-20,23,33H,21-22H2,1-4H3,(H,36,43)/t33-/m0/s1. The van der Waals surface area contributed by atoms with E-state index in [1.165, 1.54) is 21.7 Å². The number of carbonyl (C=O) groups is 2. The third-order valence-corrected chi connectivity index (χ3v) is 7.42. The zero-order valence-corrected chi connectivity index (χ0v) is 24.7. The second kappa shape index (κ2) is 12.9. The highest BCUT2D eigenvalue weighted by molar-refractivity contribution is 5.98. The Hall–Kier alpha value is -5.05. The summed E-state index contributed by atoms with van der Waals surface area (Å²) in [4.78, 5) is 31.8. The summed E-state index contributed by atoms with van der Waals surface area (Å²) < 4.78 is 15.3. The van der Waals surface area contributed by atoms with Crippen LogP contribution in [0.2, 0.25) is 0 Å². The van der Waals surface area contributed by atoms with Crippen molar-refractivity contribution in [3.05, 3.63) is 120 Å². The first-order valence-corrected chi connectivity index (χ1v) is 14.2. The van der Waals surface area contributed by atoms with Crippen LogP contribution in [0.4, 0.5) is 15.8 Å². The number of anilines is 2. The molecule has 0 saturated carbocycles. The molecule has 4 aromatic carbocycles. The Balaban J connectivity index is 1.55. The summed E-state index contributed by atoms with van der Waals surface area (Å²) in [5, 5.41) is 11.4. The maximum atomic E-state index is 14.2. The summed E-state index contributed by atoms with van der Waals surface area (Å²) >= 11 is 0. The molecule has 9 heteroatoms. The molecule has 0 aliphatic rings. The van der Waals surface area contributed by atoms with Crippen LogP contribution in [0, 0.1) is 5.82 Å². The van der Waals surface area contributed by atoms with Gasteiger partial charge in [0.2, 0.25) is 5.91 Å². The fourth-order valence-corrected chi connectivity index (χ4v) is 4.95. The van der Waals surface area contributed by atoms with Crippen molar-refractivity contribution in [3.8, 4) is 0 Å². The molecule has 1 heterocycles. The largest absolute Gasteiger partial charge is 0.378 e. The fourth-order valence-electron chi connectivity index (χ4n) is 4.95. The van der Waals surface area contributed by atoms with Gasteiger partial charge in [-0.05, 0) is 71.1 Å². The molecule has 0 radical (unpaired) electrons. The van der Waals surface area contributed by atoms with Crippen LogP contribution < -0.4 is 10.2 Å². The highest BCUT2D eigenvalue weighted by Crippen LogP contribution is 2.28. The van der Waals surface area contributed by atoms with Crippen molar-refractivity contribution in [3.63, 3.8) is 0 Å². The molecule has 2 amide bonds. The number of rotatable bonds is 10. The van der Waals surface area contributed by atoms with E-state index >= 15 is 0 Å². The van der Waals surface area contributed by atoms with Crippen LogP contribution in [0.15, 0.2) is 97.1 Å². The molecule has 5 rings (SSSR count). The Bertz CT molecular complexity index is 1700. The van der Waals surface area contributed by atoms with Gasteiger partial charge in [0.15, 0.2) is 0 Å². The number of aromatic nitrogens is 3. The van der Waals surface area contributed by atoms with Crippen LogP contribution >= 0.6 is 0 Å². The molecular formula is C34H35FN6O2. The Morgan fingerprint density at radius 2 is 1.51 bits per heavy atom. The summed E-state index contributed by atoms with van der Waals surface area (Å²) in [5.74, 6) is -0.783. The van der Waals surface area contributed by atoms with Gasteiger partial charge in [-0.25, -0.2) is 9.07 Å². The third-order valence-electron chi connectivity index (χ3n) is 7.42. The lowest BCUT2D eigenvalue weighted by molar-refractivity contribution is -0.140. The van der Waals surface area contributed by atoms with E-state index in [4.69, 9.17) is 0 Å². The van der Waals surface area contributed by atoms with Crippen molar-refractivity contribution in [2.45, 2.75) is 38.9 Å². The number of halogens is 1. The molecular weight excluding hydrogens is 543 g/mol. The molecule has 43 heavy (non-hydrogen) atoms. The van der Waals surface area contributed by atoms with E-state index in [9.17, 15) is 14.0 Å². The molecule has 0 saturated heterocycles. The first-order valence-electron chi connectivity index (χ1n) is 14.2. The minimum absolute atomic E-state index is 0.0787. The lowest BCUT2D eigenvalue weighted by Gasteiger charge is -2.32. The maximum absolute atomic E-state index is 14.2. The molecule has 1 aromatic heterocycles. The monoisotopic (exact) mass is 578 g/mol. The number of hydrogen-bond acceptors (Lipinski definition) is 5. The number of benzene rings is 4. The van der Waals surface area contributed by atoms with Crippen molar-refractivity contribution >= 4 is 34.2 Å². The van der Waals surface area contributed by atoms with Gasteiger partial charge in [-0.15, -0.1) is 5.10 Å². The summed E-state index contributed by atoms with van der Waals surface area (Å²) in [7, 11) is 3.89. The minimum Gasteiger partial charge on any atom is -0.378 e. The lowest BCUT2D eigenvalue weighted by Crippen LogP contribution is -2.42. The highest BCUT2D eigenvalue weighted by atomic mass is 19.1. The minimum atomic E-state index is -0.984. The van der Waals surface area contributed by atoms with Gasteiger partial charge in [0, 0.05) is 32.0 Å². The van der Waals surface area contributed by atoms with Gasteiger partial charge in [-0.3, -0.25) is 9.59 Å². The summed E-state index contributed by atoms with van der Waals surface area (Å²) in [5.41, 5.74) is 5.44. The number of amides is 2. The van der Waals surface area contributed by atoms with E-state index in [2.05, 4.69) is 29.5 Å². The summed E-state index contributed by atoms with van der Waals surface area (Å²) in [6.45, 7) is 4.15. The van der Waals surface area contributed by atoms with E-state index in [-0.39, 0.29) is 30.7 Å². The lowest BCUT2D eigenvalue weighted by atomic mass is 9.97. The molecule has 5 aromatic rings. The molecule has 0 aliphatic heterocycles. The summed E-state index contributed by atoms with van der Waals surface area (Å²) in [6, 6.07) is 27.6. The summed E-state index contributed by atoms with van der Waals surface area (Å²) in [6.07, 6.45) is 0. The third kappa shape index (κ3) is 6.89. The van der Waals surface area contributed by atoms with Crippen LogP contribution in [-0.4, -0.2) is 45.8 Å². The molecule has 0 fully saturated rings. The van der Waals surface area contributed by atoms with Crippen LogP contribution in [0.25, 0.3) is 11.0 Å². The molecule has 0 bridgehead atoms. The topological polar surface area (TPSA) is 83.4 Å². The van der Waals surface area contributed by atoms with E-state index < -0.39 is 6.04 Å². The number of fused-ring (bicyclic) bond motifs is 1. The van der Waals surface area contributed by atoms with Gasteiger partial charge in [-0.2, -0.15) is 0 Å². The van der Waals surface area contributed by atoms with Crippen molar-refractivity contribution < 1.29 is 14.0 Å². The first-order chi connectivity index (χ1) is 20.7. The number of nitrogens with one attached hydrogen (secondary N) is 1. The van der Waals surface area contributed by atoms with Crippen molar-refractivity contribution in [1.29, 1.82) is 0 Å². The first kappa shape index (κ1) is 29.4. The molecule has 0 spiro atoms. The molecule has 0 aliphatic carbocycles. The predicted octanol–water partition coefficient (Wildman–Crippen LogP) is 6.17. The van der Waals surface area contributed by atoms with Gasteiger partial charge >= 0.3 is 0 Å². The normalized spacial score (nSPS) is 11.9. The number of para-hydroxylation sites is 1. The molecule has 0 unspecified atom stereocenters. The average molecular weight is 579 g/mol. The van der Waals surface area contributed by atoms with Gasteiger partial charge in [0.05, 0.1) is 5.52 Å². The molecule has 220 valence electrons. The van der Waals surface area contributed by atoms with E-state index in [0.717, 1.165) is 11.3 Å². The van der Waals surface area contributed by atoms with Crippen molar-refractivity contribution in [2.75, 3.05) is 24.3 Å². The Morgan fingerprint density at radius 3 is 2.16 bits per heavy atom. The molecule has 8 nitrogen and oxygen atoms in total. The second-order valence-electron chi connectivity index (χ2n) is 11.0. The number of hydrogen-bond donors (Lipinski definition) is 1. The van der Waals surface area contributed by atoms with Gasteiger partial charge in [0.25, 0.3) is 5.91 Å². The second-order valence-corrected chi connectivity index (χ2v) is 11.0. The zero-order chi connectivity index (χ0) is 30.5. The van der Waals surface area contributed by atoms with Crippen LogP contribution in [0.5, 0.6) is 0 Å². The predicted molar refractivity (Wildman–Crippen MR) is 167 cm³/mol. The van der Waals surface area contributed by atoms with Crippen LogP contribution in [-0.2, 0) is 22.7 Å². The SMILES string of the molecule is CC(C)c1ccc([C@@H](C(=O)Nc2ccc(N(C)C)cc2)N(Cc2ccc(F)cc2)C(=O)Cn2nnc3ccccc32)cc1. The number of nitrogens with zero attached hydrogens (tertiary/aromatic N) is 5. The quantitative estimate of drug-likeness (QED) is 0.214. The zero-order valence-electron chi connectivity index (χ0n) is 24.7. The highest BCUT2D eigenvalue weighted by Gasteiger charge is 2.32. The van der Waals surface area contributed by atoms with E-state index in [1.807, 2.05) is 91.8 Å². The van der Waals surface area contributed by atoms with Crippen LogP contribution in [0.1, 0.15) is 42.5 Å². The van der Waals surface area contributed by atoms with Crippen molar-refractivity contribution in [1.82, 2.24) is 19.9 Å². The molecule has 1 atom stereocenters. The van der Waals surface area contributed by atoms with E-state index in [0.29, 0.717) is 33.8 Å². The average Bonchev–Trinajstić information content (AvgIpc) is 3.41. The van der Waals surface area contributed by atoms with Gasteiger partial charge in [-0.1, -0.05) is 67.6 Å². The maximum Gasteiger partial charge on any atom is 0.251 e. The molecule has 1 N–H and O–H groups in total. The number of carbonyl (C=O) groups excluding carboxylic acids is 2. The van der Waals surface area contributed by atoms with Crippen LogP contribution in [0.3, 0.4) is 0 Å². The Morgan fingerprint density at radius 1 is 0.860 bits per heavy atom. The van der Waals surface area contributed by atoms with Gasteiger partial charge in [0.1, 0.15) is 23.9 Å². The smallest absolute Gasteiger partial charge is 0.251 e. The van der Waals surface area contributed by atoms with Gasteiger partial charge < -0.3 is 15.1 Å². The Kier molecular flexibility index (Phi) is 8.80. The Labute approximate surface area is 250 Å².